The summed E-state index contributed by atoms with van der Waals surface area (Å²) in [7, 11) is 1.85. The summed E-state index contributed by atoms with van der Waals surface area (Å²) in [4.78, 5) is 33.4. The predicted molar refractivity (Wildman–Crippen MR) is 109 cm³/mol. The summed E-state index contributed by atoms with van der Waals surface area (Å²) in [6, 6.07) is 7.50. The molecule has 1 aromatic carbocycles. The molecule has 0 bridgehead atoms. The molecule has 1 aliphatic rings. The molecule has 0 spiro atoms. The molecule has 2 heterocycles. The standard InChI is InChI=1S/C21H27N3O3S/c1-15(2)23(3)20(25)16-8-10-24(11-9-16)21(26)18-6-4-5-7-19(18)27-12-17-13-28-14-22-17/h4-7,13-16H,8-12H2,1-3H3. The van der Waals surface area contributed by atoms with Crippen LogP contribution in [0.1, 0.15) is 42.7 Å². The lowest BCUT2D eigenvalue weighted by molar-refractivity contribution is -0.137. The first-order chi connectivity index (χ1) is 13.5. The van der Waals surface area contributed by atoms with Crippen molar-refractivity contribution in [3.8, 4) is 5.75 Å². The quantitative estimate of drug-likeness (QED) is 0.744. The van der Waals surface area contributed by atoms with Crippen molar-refractivity contribution in [1.29, 1.82) is 0 Å². The minimum atomic E-state index is -0.0445. The highest BCUT2D eigenvalue weighted by Crippen LogP contribution is 2.25. The highest BCUT2D eigenvalue weighted by atomic mass is 32.1. The zero-order valence-electron chi connectivity index (χ0n) is 16.6. The topological polar surface area (TPSA) is 62.7 Å². The maximum atomic E-state index is 13.0. The van der Waals surface area contributed by atoms with Crippen LogP contribution >= 0.6 is 11.3 Å². The second-order valence-corrected chi connectivity index (χ2v) is 8.09. The fourth-order valence-corrected chi connectivity index (χ4v) is 3.82. The number of carbonyl (C=O) groups excluding carboxylic acids is 2. The molecule has 2 amide bonds. The van der Waals surface area contributed by atoms with Gasteiger partial charge in [0.1, 0.15) is 12.4 Å². The number of hydrogen-bond acceptors (Lipinski definition) is 5. The van der Waals surface area contributed by atoms with Crippen molar-refractivity contribution < 1.29 is 14.3 Å². The van der Waals surface area contributed by atoms with Crippen molar-refractivity contribution in [2.24, 2.45) is 5.92 Å². The SMILES string of the molecule is CC(C)N(C)C(=O)C1CCN(C(=O)c2ccccc2OCc2cscn2)CC1. The summed E-state index contributed by atoms with van der Waals surface area (Å²) in [6.07, 6.45) is 1.40. The second kappa shape index (κ2) is 9.19. The zero-order chi connectivity index (χ0) is 20.1. The smallest absolute Gasteiger partial charge is 0.257 e. The maximum absolute atomic E-state index is 13.0. The molecule has 0 aliphatic carbocycles. The molecule has 0 unspecified atom stereocenters. The van der Waals surface area contributed by atoms with Crippen molar-refractivity contribution in [2.45, 2.75) is 39.3 Å². The number of rotatable bonds is 6. The van der Waals surface area contributed by atoms with Gasteiger partial charge in [0.25, 0.3) is 5.91 Å². The monoisotopic (exact) mass is 401 g/mol. The molecule has 0 N–H and O–H groups in total. The number of benzene rings is 1. The van der Waals surface area contributed by atoms with Crippen LogP contribution in [0, 0.1) is 5.92 Å². The van der Waals surface area contributed by atoms with Gasteiger partial charge in [-0.05, 0) is 38.8 Å². The van der Waals surface area contributed by atoms with Crippen molar-refractivity contribution >= 4 is 23.2 Å². The average molecular weight is 402 g/mol. The Kier molecular flexibility index (Phi) is 6.67. The van der Waals surface area contributed by atoms with E-state index in [4.69, 9.17) is 4.74 Å². The van der Waals surface area contributed by atoms with Gasteiger partial charge in [0.05, 0.1) is 16.8 Å². The van der Waals surface area contributed by atoms with Gasteiger partial charge in [0.2, 0.25) is 5.91 Å². The first-order valence-corrected chi connectivity index (χ1v) is 10.6. The van der Waals surface area contributed by atoms with Gasteiger partial charge in [0.15, 0.2) is 0 Å². The largest absolute Gasteiger partial charge is 0.486 e. The molecule has 28 heavy (non-hydrogen) atoms. The molecule has 0 atom stereocenters. The molecule has 7 heteroatoms. The highest BCUT2D eigenvalue weighted by Gasteiger charge is 2.30. The Balaban J connectivity index is 1.61. The van der Waals surface area contributed by atoms with E-state index in [0.717, 1.165) is 5.69 Å². The Hall–Kier alpha value is -2.41. The fourth-order valence-electron chi connectivity index (χ4n) is 3.27. The zero-order valence-corrected chi connectivity index (χ0v) is 17.4. The normalized spacial score (nSPS) is 14.9. The van der Waals surface area contributed by atoms with Gasteiger partial charge in [-0.25, -0.2) is 4.98 Å². The predicted octanol–water partition coefficient (Wildman–Crippen LogP) is 3.44. The van der Waals surface area contributed by atoms with Crippen LogP contribution in [0.25, 0.3) is 0 Å². The molecule has 1 aromatic heterocycles. The van der Waals surface area contributed by atoms with E-state index in [9.17, 15) is 9.59 Å². The van der Waals surface area contributed by atoms with Crippen molar-refractivity contribution in [3.05, 3.63) is 46.4 Å². The van der Waals surface area contributed by atoms with Gasteiger partial charge >= 0.3 is 0 Å². The summed E-state index contributed by atoms with van der Waals surface area (Å²) in [5, 5.41) is 1.93. The Bertz CT molecular complexity index is 799. The van der Waals surface area contributed by atoms with Crippen LogP contribution in [0.15, 0.2) is 35.2 Å². The Morgan fingerprint density at radius 3 is 2.64 bits per heavy atom. The summed E-state index contributed by atoms with van der Waals surface area (Å²) in [5.41, 5.74) is 3.17. The third-order valence-corrected chi connectivity index (χ3v) is 5.87. The Labute approximate surface area is 170 Å². The van der Waals surface area contributed by atoms with E-state index in [0.29, 0.717) is 43.9 Å². The van der Waals surface area contributed by atoms with E-state index in [1.165, 1.54) is 11.3 Å². The molecular weight excluding hydrogens is 374 g/mol. The van der Waals surface area contributed by atoms with Crippen LogP contribution in [0.4, 0.5) is 0 Å². The fraction of sp³-hybridized carbons (Fsp3) is 0.476. The third-order valence-electron chi connectivity index (χ3n) is 5.23. The summed E-state index contributed by atoms with van der Waals surface area (Å²) in [5.74, 6) is 0.692. The average Bonchev–Trinajstić information content (AvgIpc) is 3.24. The lowest BCUT2D eigenvalue weighted by Crippen LogP contribution is -2.45. The number of nitrogens with zero attached hydrogens (tertiary/aromatic N) is 3. The van der Waals surface area contributed by atoms with E-state index >= 15 is 0 Å². The van der Waals surface area contributed by atoms with Crippen LogP contribution in [-0.4, -0.2) is 52.8 Å². The van der Waals surface area contributed by atoms with Crippen molar-refractivity contribution in [3.63, 3.8) is 0 Å². The molecule has 1 saturated heterocycles. The second-order valence-electron chi connectivity index (χ2n) is 7.37. The van der Waals surface area contributed by atoms with E-state index < -0.39 is 0 Å². The van der Waals surface area contributed by atoms with Crippen molar-refractivity contribution in [1.82, 2.24) is 14.8 Å². The van der Waals surface area contributed by atoms with Crippen LogP contribution in [-0.2, 0) is 11.4 Å². The lowest BCUT2D eigenvalue weighted by Gasteiger charge is -2.34. The molecule has 0 radical (unpaired) electrons. The molecule has 1 fully saturated rings. The molecule has 150 valence electrons. The number of thiazole rings is 1. The van der Waals surface area contributed by atoms with Crippen LogP contribution in [0.5, 0.6) is 5.75 Å². The number of carbonyl (C=O) groups is 2. The molecule has 0 saturated carbocycles. The highest BCUT2D eigenvalue weighted by molar-refractivity contribution is 7.07. The van der Waals surface area contributed by atoms with Gasteiger partial charge in [-0.15, -0.1) is 11.3 Å². The number of hydrogen-bond donors (Lipinski definition) is 0. The number of aromatic nitrogens is 1. The van der Waals surface area contributed by atoms with E-state index in [1.54, 1.807) is 16.5 Å². The number of amides is 2. The van der Waals surface area contributed by atoms with E-state index in [1.807, 2.05) is 49.4 Å². The molecule has 6 nitrogen and oxygen atoms in total. The van der Waals surface area contributed by atoms with Gasteiger partial charge in [-0.1, -0.05) is 12.1 Å². The van der Waals surface area contributed by atoms with E-state index in [2.05, 4.69) is 4.98 Å². The third kappa shape index (κ3) is 4.70. The molecule has 2 aromatic rings. The lowest BCUT2D eigenvalue weighted by atomic mass is 9.94. The van der Waals surface area contributed by atoms with Crippen molar-refractivity contribution in [2.75, 3.05) is 20.1 Å². The number of likely N-dealkylation sites (tertiary alicyclic amines) is 1. The first-order valence-electron chi connectivity index (χ1n) is 9.62. The summed E-state index contributed by atoms with van der Waals surface area (Å²) in [6.45, 7) is 5.54. The molecular formula is C21H27N3O3S. The van der Waals surface area contributed by atoms with Gasteiger partial charge < -0.3 is 14.5 Å². The number of para-hydroxylation sites is 1. The van der Waals surface area contributed by atoms with Gasteiger partial charge in [-0.2, -0.15) is 0 Å². The Morgan fingerprint density at radius 2 is 2.00 bits per heavy atom. The summed E-state index contributed by atoms with van der Waals surface area (Å²) >= 11 is 1.52. The number of piperidine rings is 1. The minimum Gasteiger partial charge on any atom is -0.486 e. The first kappa shape index (κ1) is 20.3. The van der Waals surface area contributed by atoms with Crippen LogP contribution in [0.3, 0.4) is 0 Å². The minimum absolute atomic E-state index is 0.00684. The van der Waals surface area contributed by atoms with Gasteiger partial charge in [-0.3, -0.25) is 9.59 Å². The van der Waals surface area contributed by atoms with Crippen LogP contribution in [0.2, 0.25) is 0 Å². The molecule has 1 aliphatic heterocycles. The van der Waals surface area contributed by atoms with Crippen LogP contribution < -0.4 is 4.74 Å². The Morgan fingerprint density at radius 1 is 1.29 bits per heavy atom. The molecule has 3 rings (SSSR count). The van der Waals surface area contributed by atoms with Gasteiger partial charge in [0, 0.05) is 37.5 Å². The van der Waals surface area contributed by atoms with E-state index in [-0.39, 0.29) is 23.8 Å². The summed E-state index contributed by atoms with van der Waals surface area (Å²) < 4.78 is 5.85. The maximum Gasteiger partial charge on any atom is 0.257 e. The number of ether oxygens (including phenoxy) is 1.